The predicted octanol–water partition coefficient (Wildman–Crippen LogP) is 5.59. The molecule has 12 heteroatoms. The van der Waals surface area contributed by atoms with E-state index in [-0.39, 0.29) is 11.8 Å². The molecule has 2 aliphatic carbocycles. The second-order valence-electron chi connectivity index (χ2n) is 15.6. The van der Waals surface area contributed by atoms with Gasteiger partial charge in [0.25, 0.3) is 0 Å². The molecule has 0 amide bonds. The Labute approximate surface area is 291 Å². The van der Waals surface area contributed by atoms with Crippen LogP contribution in [0, 0.1) is 58.2 Å². The Hall–Kier alpha value is -4.78. The second-order valence-corrected chi connectivity index (χ2v) is 15.6. The zero-order valence-electron chi connectivity index (χ0n) is 28.8. The van der Waals surface area contributed by atoms with E-state index in [1.165, 1.54) is 37.1 Å². The molecule has 6 aromatic heterocycles. The third-order valence-electron chi connectivity index (χ3n) is 12.2. The molecule has 2 aliphatic heterocycles. The highest BCUT2D eigenvalue weighted by atomic mass is 15.2. The van der Waals surface area contributed by atoms with Gasteiger partial charge in [-0.05, 0) is 61.5 Å². The van der Waals surface area contributed by atoms with Gasteiger partial charge in [-0.1, -0.05) is 13.8 Å². The molecule has 8 heterocycles. The Balaban J connectivity index is 0.000000135. The van der Waals surface area contributed by atoms with Crippen LogP contribution in [0.25, 0.3) is 33.6 Å². The van der Waals surface area contributed by atoms with Crippen molar-refractivity contribution in [3.8, 4) is 12.1 Å². The Bertz CT molecular complexity index is 2070. The van der Waals surface area contributed by atoms with E-state index < -0.39 is 0 Å². The first-order chi connectivity index (χ1) is 24.4. The van der Waals surface area contributed by atoms with E-state index >= 15 is 0 Å². The Morgan fingerprint density at radius 1 is 0.640 bits per heavy atom. The summed E-state index contributed by atoms with van der Waals surface area (Å²) in [4.78, 5) is 29.4. The topological polar surface area (TPSA) is 146 Å². The monoisotopic (exact) mass is 668 g/mol. The third-order valence-corrected chi connectivity index (χ3v) is 12.2. The summed E-state index contributed by atoms with van der Waals surface area (Å²) in [5.41, 5.74) is 8.54. The van der Waals surface area contributed by atoms with Crippen molar-refractivity contribution < 1.29 is 0 Å². The fourth-order valence-corrected chi connectivity index (χ4v) is 9.72. The lowest BCUT2D eigenvalue weighted by Crippen LogP contribution is -2.47. The molecule has 50 heavy (non-hydrogen) atoms. The van der Waals surface area contributed by atoms with Crippen LogP contribution in [0.1, 0.15) is 62.8 Å². The largest absolute Gasteiger partial charge is 0.345 e. The van der Waals surface area contributed by atoms with E-state index in [1.54, 1.807) is 0 Å². The maximum atomic E-state index is 8.95. The lowest BCUT2D eigenvalue weighted by molar-refractivity contribution is 0.112. The molecule has 10 rings (SSSR count). The first-order valence-electron chi connectivity index (χ1n) is 18.3. The van der Waals surface area contributed by atoms with Gasteiger partial charge in [0.1, 0.15) is 0 Å². The number of nitriles is 2. The first-order valence-corrected chi connectivity index (χ1v) is 18.3. The third kappa shape index (κ3) is 5.42. The molecule has 12 nitrogen and oxygen atoms in total. The maximum Gasteiger partial charge on any atom is 0.156 e. The van der Waals surface area contributed by atoms with Gasteiger partial charge in [0.2, 0.25) is 0 Å². The molecule has 6 aromatic rings. The number of H-pyrrole nitrogens is 2. The van der Waals surface area contributed by atoms with E-state index in [0.29, 0.717) is 35.5 Å². The molecule has 6 atom stereocenters. The van der Waals surface area contributed by atoms with Crippen molar-refractivity contribution in [2.45, 2.75) is 51.4 Å². The molecule has 2 saturated carbocycles. The molecule has 4 fully saturated rings. The molecule has 2 N–H and O–H groups in total. The van der Waals surface area contributed by atoms with Crippen molar-refractivity contribution in [1.29, 1.82) is 10.5 Å². The Morgan fingerprint density at radius 2 is 1.08 bits per heavy atom. The molecule has 256 valence electrons. The quantitative estimate of drug-likeness (QED) is 0.234. The smallest absolute Gasteiger partial charge is 0.156 e. The first kappa shape index (κ1) is 31.2. The highest BCUT2D eigenvalue weighted by molar-refractivity contribution is 5.75. The number of aromatic nitrogens is 8. The van der Waals surface area contributed by atoms with Gasteiger partial charge in [0, 0.05) is 87.3 Å². The van der Waals surface area contributed by atoms with Gasteiger partial charge in [-0.3, -0.25) is 8.80 Å². The van der Waals surface area contributed by atoms with Crippen LogP contribution in [0.2, 0.25) is 0 Å². The molecule has 0 spiro atoms. The standard InChI is InChI=1S/2C19H22N6/c2*1-12-4-13(9-24-10-14(6-20)11-24)5-15(12)17-7-22-18-8-23-19-16(25(17)18)2-3-21-19/h2*2-3,7-8,12-15,21H,4-5,9-11H2,1H3/t12-,13+,15+;12-,13-,15+/m11/s1. The van der Waals surface area contributed by atoms with Gasteiger partial charge in [-0.2, -0.15) is 10.5 Å². The van der Waals surface area contributed by atoms with Crippen LogP contribution in [0.3, 0.4) is 0 Å². The summed E-state index contributed by atoms with van der Waals surface area (Å²) in [5.74, 6) is 4.32. The van der Waals surface area contributed by atoms with Crippen LogP contribution in [0.4, 0.5) is 0 Å². The fraction of sp³-hybridized carbons (Fsp3) is 0.526. The van der Waals surface area contributed by atoms with Crippen molar-refractivity contribution in [2.75, 3.05) is 39.3 Å². The van der Waals surface area contributed by atoms with E-state index in [0.717, 1.165) is 72.9 Å². The van der Waals surface area contributed by atoms with Gasteiger partial charge in [-0.25, -0.2) is 19.9 Å². The molecule has 0 radical (unpaired) electrons. The van der Waals surface area contributed by atoms with Crippen LogP contribution < -0.4 is 0 Å². The molecular formula is C38H44N12. The molecule has 0 bridgehead atoms. The zero-order valence-corrected chi connectivity index (χ0v) is 28.8. The van der Waals surface area contributed by atoms with Gasteiger partial charge in [0.05, 0.1) is 47.4 Å². The Morgan fingerprint density at radius 3 is 1.50 bits per heavy atom. The molecule has 0 unspecified atom stereocenters. The lowest BCUT2D eigenvalue weighted by Gasteiger charge is -2.37. The van der Waals surface area contributed by atoms with E-state index in [2.05, 4.69) is 86.6 Å². The molecule has 0 aromatic carbocycles. The molecular weight excluding hydrogens is 625 g/mol. The normalized spacial score (nSPS) is 27.8. The summed E-state index contributed by atoms with van der Waals surface area (Å²) < 4.78 is 4.55. The van der Waals surface area contributed by atoms with Crippen molar-refractivity contribution in [3.63, 3.8) is 0 Å². The number of rotatable bonds is 6. The number of hydrogen-bond acceptors (Lipinski definition) is 8. The lowest BCUT2D eigenvalue weighted by atomic mass is 9.95. The summed E-state index contributed by atoms with van der Waals surface area (Å²) in [6, 6.07) is 8.90. The number of nitrogens with zero attached hydrogens (tertiary/aromatic N) is 10. The average Bonchev–Trinajstić information content (AvgIpc) is 3.92. The van der Waals surface area contributed by atoms with E-state index in [1.807, 2.05) is 37.2 Å². The summed E-state index contributed by atoms with van der Waals surface area (Å²) in [7, 11) is 0. The van der Waals surface area contributed by atoms with Crippen LogP contribution in [-0.4, -0.2) is 87.8 Å². The van der Waals surface area contributed by atoms with Crippen molar-refractivity contribution >= 4 is 33.6 Å². The highest BCUT2D eigenvalue weighted by Gasteiger charge is 2.39. The van der Waals surface area contributed by atoms with Gasteiger partial charge >= 0.3 is 0 Å². The highest BCUT2D eigenvalue weighted by Crippen LogP contribution is 2.45. The number of fused-ring (bicyclic) bond motifs is 6. The Kier molecular flexibility index (Phi) is 7.82. The van der Waals surface area contributed by atoms with Gasteiger partial charge < -0.3 is 19.8 Å². The van der Waals surface area contributed by atoms with Gasteiger partial charge in [-0.15, -0.1) is 0 Å². The average molecular weight is 669 g/mol. The summed E-state index contributed by atoms with van der Waals surface area (Å²) in [5, 5.41) is 17.9. The van der Waals surface area contributed by atoms with Crippen molar-refractivity contribution in [2.24, 2.45) is 35.5 Å². The van der Waals surface area contributed by atoms with E-state index in [9.17, 15) is 0 Å². The number of aromatic amines is 2. The van der Waals surface area contributed by atoms with Crippen molar-refractivity contribution in [3.05, 3.63) is 60.7 Å². The minimum atomic E-state index is 0.253. The maximum absolute atomic E-state index is 8.95. The van der Waals surface area contributed by atoms with Crippen LogP contribution >= 0.6 is 0 Å². The fourth-order valence-electron chi connectivity index (χ4n) is 9.72. The van der Waals surface area contributed by atoms with Crippen LogP contribution in [-0.2, 0) is 0 Å². The molecule has 2 saturated heterocycles. The van der Waals surface area contributed by atoms with Crippen molar-refractivity contribution in [1.82, 2.24) is 48.5 Å². The summed E-state index contributed by atoms with van der Waals surface area (Å²) in [6.07, 6.45) is 16.6. The zero-order chi connectivity index (χ0) is 33.9. The second kappa shape index (κ2) is 12.5. The van der Waals surface area contributed by atoms with Gasteiger partial charge in [0.15, 0.2) is 22.6 Å². The number of imidazole rings is 2. The summed E-state index contributed by atoms with van der Waals surface area (Å²) in [6.45, 7) is 10.8. The minimum absolute atomic E-state index is 0.253. The number of nitrogens with one attached hydrogen (secondary N) is 2. The minimum Gasteiger partial charge on any atom is -0.345 e. The van der Waals surface area contributed by atoms with Crippen LogP contribution in [0.5, 0.6) is 0 Å². The predicted molar refractivity (Wildman–Crippen MR) is 190 cm³/mol. The SMILES string of the molecule is C[C@@H]1C[C@@H](CN2CC(C#N)C2)C[C@@H]1c1cnc2cnc3[nH]ccc3n12.C[C@@H]1C[C@H](CN2CC(C#N)C2)C[C@@H]1c1cnc2cnc3[nH]ccc3n12. The van der Waals surface area contributed by atoms with Crippen LogP contribution in [0.15, 0.2) is 49.3 Å². The summed E-state index contributed by atoms with van der Waals surface area (Å²) >= 11 is 0. The molecule has 4 aliphatic rings. The number of hydrogen-bond donors (Lipinski definition) is 2. The number of likely N-dealkylation sites (tertiary alicyclic amines) is 2. The van der Waals surface area contributed by atoms with E-state index in [4.69, 9.17) is 10.5 Å².